The summed E-state index contributed by atoms with van der Waals surface area (Å²) < 4.78 is 0. The molecular formula is C6H10O3. The van der Waals surface area contributed by atoms with Crippen LogP contribution in [0.4, 0.5) is 0 Å². The number of ketones is 1. The highest BCUT2D eigenvalue weighted by Crippen LogP contribution is 2.30. The summed E-state index contributed by atoms with van der Waals surface area (Å²) in [7, 11) is 0. The summed E-state index contributed by atoms with van der Waals surface area (Å²) in [5, 5.41) is 0. The average Bonchev–Trinajstić information content (AvgIpc) is 2.50. The predicted octanol–water partition coefficient (Wildman–Crippen LogP) is 1.03. The van der Waals surface area contributed by atoms with Gasteiger partial charge in [-0.3, -0.25) is 4.79 Å². The molecule has 0 unspecified atom stereocenters. The van der Waals surface area contributed by atoms with E-state index < -0.39 is 5.79 Å². The lowest BCUT2D eigenvalue weighted by Crippen LogP contribution is -2.18. The van der Waals surface area contributed by atoms with E-state index in [1.54, 1.807) is 6.92 Å². The summed E-state index contributed by atoms with van der Waals surface area (Å²) in [4.78, 5) is 19.8. The molecule has 3 heteroatoms. The van der Waals surface area contributed by atoms with Gasteiger partial charge < -0.3 is 0 Å². The smallest absolute Gasteiger partial charge is 0.288 e. The minimum atomic E-state index is -0.879. The Hall–Kier alpha value is -0.410. The fourth-order valence-corrected chi connectivity index (χ4v) is 0.610. The molecule has 0 aromatic rings. The first kappa shape index (κ1) is 6.71. The molecule has 0 atom stereocenters. The molecule has 1 heterocycles. The number of carbonyl (C=O) groups excluding carboxylic acids is 1. The standard InChI is InChI=1S/C6H10O3/c1-3-4-5(7)6(2)8-9-6/h3-4H2,1-2H3. The van der Waals surface area contributed by atoms with Gasteiger partial charge in [0.25, 0.3) is 5.79 Å². The Morgan fingerprint density at radius 2 is 2.11 bits per heavy atom. The van der Waals surface area contributed by atoms with Gasteiger partial charge in [-0.2, -0.15) is 9.78 Å². The first-order valence-corrected chi connectivity index (χ1v) is 3.09. The van der Waals surface area contributed by atoms with Gasteiger partial charge in [0.2, 0.25) is 0 Å². The van der Waals surface area contributed by atoms with Crippen molar-refractivity contribution in [2.45, 2.75) is 32.5 Å². The Balaban J connectivity index is 2.34. The third-order valence-corrected chi connectivity index (χ3v) is 1.32. The molecule has 0 spiro atoms. The Kier molecular flexibility index (Phi) is 1.55. The van der Waals surface area contributed by atoms with Crippen LogP contribution in [0.5, 0.6) is 0 Å². The number of carbonyl (C=O) groups is 1. The van der Waals surface area contributed by atoms with Gasteiger partial charge in [0, 0.05) is 13.3 Å². The van der Waals surface area contributed by atoms with E-state index in [9.17, 15) is 4.79 Å². The zero-order chi connectivity index (χ0) is 6.91. The molecule has 0 bridgehead atoms. The van der Waals surface area contributed by atoms with Gasteiger partial charge in [0.05, 0.1) is 0 Å². The molecule has 52 valence electrons. The molecule has 1 aliphatic heterocycles. The molecule has 1 fully saturated rings. The zero-order valence-corrected chi connectivity index (χ0v) is 5.64. The summed E-state index contributed by atoms with van der Waals surface area (Å²) in [6, 6.07) is 0. The van der Waals surface area contributed by atoms with Gasteiger partial charge in [-0.25, -0.2) is 0 Å². The molecule has 1 rings (SSSR count). The molecule has 0 saturated carbocycles. The van der Waals surface area contributed by atoms with Crippen molar-refractivity contribution >= 4 is 5.78 Å². The SMILES string of the molecule is CCCC(=O)C1(C)OO1. The van der Waals surface area contributed by atoms with Crippen LogP contribution in [0, 0.1) is 0 Å². The summed E-state index contributed by atoms with van der Waals surface area (Å²) in [6.07, 6.45) is 1.39. The summed E-state index contributed by atoms with van der Waals surface area (Å²) in [6.45, 7) is 3.58. The summed E-state index contributed by atoms with van der Waals surface area (Å²) in [5.74, 6) is -0.847. The van der Waals surface area contributed by atoms with Crippen LogP contribution in [0.1, 0.15) is 26.7 Å². The van der Waals surface area contributed by atoms with E-state index in [4.69, 9.17) is 0 Å². The van der Waals surface area contributed by atoms with Crippen molar-refractivity contribution in [2.75, 3.05) is 0 Å². The van der Waals surface area contributed by atoms with Crippen LogP contribution in [0.3, 0.4) is 0 Å². The van der Waals surface area contributed by atoms with Gasteiger partial charge in [-0.1, -0.05) is 6.92 Å². The first-order valence-electron chi connectivity index (χ1n) is 3.09. The minimum Gasteiger partial charge on any atom is -0.293 e. The van der Waals surface area contributed by atoms with E-state index in [-0.39, 0.29) is 5.78 Å². The van der Waals surface area contributed by atoms with Crippen LogP contribution in [-0.2, 0) is 14.6 Å². The number of hydrogen-bond donors (Lipinski definition) is 0. The highest BCUT2D eigenvalue weighted by molar-refractivity contribution is 5.86. The van der Waals surface area contributed by atoms with Crippen LogP contribution in [-0.4, -0.2) is 11.6 Å². The van der Waals surface area contributed by atoms with Crippen molar-refractivity contribution in [3.8, 4) is 0 Å². The highest BCUT2D eigenvalue weighted by atomic mass is 17.4. The highest BCUT2D eigenvalue weighted by Gasteiger charge is 2.50. The maximum Gasteiger partial charge on any atom is 0.288 e. The molecule has 0 aromatic heterocycles. The Labute approximate surface area is 53.9 Å². The van der Waals surface area contributed by atoms with Crippen LogP contribution in [0.25, 0.3) is 0 Å². The molecule has 3 nitrogen and oxygen atoms in total. The van der Waals surface area contributed by atoms with Crippen molar-refractivity contribution in [3.05, 3.63) is 0 Å². The lowest BCUT2D eigenvalue weighted by atomic mass is 10.1. The topological polar surface area (TPSA) is 42.1 Å². The maximum atomic E-state index is 10.9. The van der Waals surface area contributed by atoms with E-state index in [0.29, 0.717) is 6.42 Å². The fourth-order valence-electron chi connectivity index (χ4n) is 0.610. The van der Waals surface area contributed by atoms with Crippen LogP contribution in [0.15, 0.2) is 0 Å². The second kappa shape index (κ2) is 2.08. The molecule has 1 aliphatic rings. The third kappa shape index (κ3) is 1.28. The van der Waals surface area contributed by atoms with Gasteiger partial charge in [0.15, 0.2) is 5.78 Å². The molecular weight excluding hydrogens is 120 g/mol. The maximum absolute atomic E-state index is 10.9. The normalized spacial score (nSPS) is 21.6. The van der Waals surface area contributed by atoms with E-state index in [2.05, 4.69) is 9.78 Å². The Morgan fingerprint density at radius 3 is 2.44 bits per heavy atom. The van der Waals surface area contributed by atoms with Gasteiger partial charge in [0.1, 0.15) is 0 Å². The van der Waals surface area contributed by atoms with Crippen molar-refractivity contribution in [1.29, 1.82) is 0 Å². The molecule has 9 heavy (non-hydrogen) atoms. The van der Waals surface area contributed by atoms with E-state index in [0.717, 1.165) is 6.42 Å². The van der Waals surface area contributed by atoms with E-state index in [1.165, 1.54) is 0 Å². The second-order valence-electron chi connectivity index (χ2n) is 2.29. The van der Waals surface area contributed by atoms with Crippen LogP contribution >= 0.6 is 0 Å². The number of rotatable bonds is 3. The molecule has 0 N–H and O–H groups in total. The average molecular weight is 130 g/mol. The summed E-state index contributed by atoms with van der Waals surface area (Å²) >= 11 is 0. The number of Topliss-reactive ketones (excluding diaryl/α,β-unsaturated/α-hetero) is 1. The molecule has 0 aliphatic carbocycles. The first-order chi connectivity index (χ1) is 4.19. The summed E-state index contributed by atoms with van der Waals surface area (Å²) in [5.41, 5.74) is 0. The van der Waals surface area contributed by atoms with E-state index >= 15 is 0 Å². The van der Waals surface area contributed by atoms with Crippen molar-refractivity contribution in [3.63, 3.8) is 0 Å². The Bertz CT molecular complexity index is 126. The zero-order valence-electron chi connectivity index (χ0n) is 5.64. The van der Waals surface area contributed by atoms with Gasteiger partial charge >= 0.3 is 0 Å². The van der Waals surface area contributed by atoms with Gasteiger partial charge in [-0.15, -0.1) is 0 Å². The predicted molar refractivity (Wildman–Crippen MR) is 30.5 cm³/mol. The monoisotopic (exact) mass is 130 g/mol. The largest absolute Gasteiger partial charge is 0.293 e. The quantitative estimate of drug-likeness (QED) is 0.423. The van der Waals surface area contributed by atoms with Gasteiger partial charge in [-0.05, 0) is 6.42 Å². The van der Waals surface area contributed by atoms with Crippen molar-refractivity contribution < 1.29 is 14.6 Å². The Morgan fingerprint density at radius 1 is 1.56 bits per heavy atom. The van der Waals surface area contributed by atoms with Crippen molar-refractivity contribution in [1.82, 2.24) is 0 Å². The van der Waals surface area contributed by atoms with Crippen LogP contribution < -0.4 is 0 Å². The number of hydrogen-bond acceptors (Lipinski definition) is 3. The molecule has 1 saturated heterocycles. The lowest BCUT2D eigenvalue weighted by Gasteiger charge is -1.94. The lowest BCUT2D eigenvalue weighted by molar-refractivity contribution is -0.124. The fraction of sp³-hybridized carbons (Fsp3) is 0.833. The second-order valence-corrected chi connectivity index (χ2v) is 2.29. The van der Waals surface area contributed by atoms with Crippen LogP contribution in [0.2, 0.25) is 0 Å². The molecule has 0 aromatic carbocycles. The molecule has 0 radical (unpaired) electrons. The minimum absolute atomic E-state index is 0.0324. The van der Waals surface area contributed by atoms with Crippen molar-refractivity contribution in [2.24, 2.45) is 0 Å². The molecule has 0 amide bonds. The van der Waals surface area contributed by atoms with E-state index in [1.807, 2.05) is 6.92 Å². The third-order valence-electron chi connectivity index (χ3n) is 1.32.